The van der Waals surface area contributed by atoms with E-state index in [9.17, 15) is 26.4 Å². The smallest absolute Gasteiger partial charge is 0.352 e. The lowest BCUT2D eigenvalue weighted by Crippen LogP contribution is -2.68. The van der Waals surface area contributed by atoms with Crippen LogP contribution in [0.5, 0.6) is 0 Å². The van der Waals surface area contributed by atoms with E-state index in [1.165, 1.54) is 15.5 Å². The molecular weight excluding hydrogens is 416 g/mol. The first kappa shape index (κ1) is 19.8. The van der Waals surface area contributed by atoms with Crippen molar-refractivity contribution in [1.82, 2.24) is 19.6 Å². The number of carbonyl (C=O) groups is 2. The number of nitrogens with zero attached hydrogens (tertiary/aromatic N) is 3. The third-order valence-corrected chi connectivity index (χ3v) is 7.54. The number of amides is 3. The minimum atomic E-state index is -4.82. The standard InChI is InChI=1S/C14H22N4O8S2/c1-27(21,22)16-7-14(8-16)4-9(5-14)15-12(19)11-3-2-10-6-17(11)13(20)18(10)26-28(23,24)25/h9-11H,2-8H2,1H3,(H,15,19)(H,23,24,25). The second-order valence-corrected chi connectivity index (χ2v) is 11.1. The van der Waals surface area contributed by atoms with Crippen LogP contribution in [0.4, 0.5) is 4.79 Å². The van der Waals surface area contributed by atoms with Gasteiger partial charge in [-0.1, -0.05) is 0 Å². The topological polar surface area (TPSA) is 154 Å². The predicted octanol–water partition coefficient (Wildman–Crippen LogP) is -1.47. The number of nitrogens with one attached hydrogen (secondary N) is 1. The van der Waals surface area contributed by atoms with Gasteiger partial charge in [0.1, 0.15) is 6.04 Å². The minimum absolute atomic E-state index is 0.0672. The molecule has 2 N–H and O–H groups in total. The van der Waals surface area contributed by atoms with Crippen molar-refractivity contribution in [2.75, 3.05) is 25.9 Å². The van der Waals surface area contributed by atoms with Crippen molar-refractivity contribution in [1.29, 1.82) is 0 Å². The molecule has 0 aromatic heterocycles. The van der Waals surface area contributed by atoms with Gasteiger partial charge in [0.05, 0.1) is 12.3 Å². The van der Waals surface area contributed by atoms with Crippen molar-refractivity contribution < 1.29 is 35.3 Å². The molecule has 2 atom stereocenters. The number of piperidine rings is 1. The Morgan fingerprint density at radius 2 is 1.86 bits per heavy atom. The first-order valence-corrected chi connectivity index (χ1v) is 12.1. The summed E-state index contributed by atoms with van der Waals surface area (Å²) in [7, 11) is -8.00. The maximum Gasteiger partial charge on any atom is 0.418 e. The summed E-state index contributed by atoms with van der Waals surface area (Å²) in [5.74, 6) is -0.320. The van der Waals surface area contributed by atoms with Gasteiger partial charge in [0, 0.05) is 31.1 Å². The van der Waals surface area contributed by atoms with Crippen LogP contribution in [0, 0.1) is 5.41 Å². The van der Waals surface area contributed by atoms with E-state index in [4.69, 9.17) is 4.55 Å². The van der Waals surface area contributed by atoms with E-state index in [0.717, 1.165) is 0 Å². The monoisotopic (exact) mass is 438 g/mol. The Morgan fingerprint density at radius 3 is 2.43 bits per heavy atom. The van der Waals surface area contributed by atoms with Gasteiger partial charge in [-0.25, -0.2) is 17.5 Å². The van der Waals surface area contributed by atoms with Gasteiger partial charge >= 0.3 is 16.4 Å². The van der Waals surface area contributed by atoms with Gasteiger partial charge in [-0.05, 0) is 25.7 Å². The first-order valence-electron chi connectivity index (χ1n) is 8.89. The minimum Gasteiger partial charge on any atom is -0.352 e. The van der Waals surface area contributed by atoms with Gasteiger partial charge < -0.3 is 10.2 Å². The summed E-state index contributed by atoms with van der Waals surface area (Å²) >= 11 is 0. The molecule has 1 aliphatic carbocycles. The summed E-state index contributed by atoms with van der Waals surface area (Å²) in [6.45, 7) is 1.08. The molecular formula is C14H22N4O8S2. The van der Waals surface area contributed by atoms with Crippen molar-refractivity contribution >= 4 is 32.4 Å². The lowest BCUT2D eigenvalue weighted by Gasteiger charge is -2.58. The average Bonchev–Trinajstić information content (AvgIpc) is 2.70. The van der Waals surface area contributed by atoms with Gasteiger partial charge in [-0.15, -0.1) is 4.28 Å². The molecule has 1 spiro atoms. The van der Waals surface area contributed by atoms with Crippen LogP contribution in [0.25, 0.3) is 0 Å². The van der Waals surface area contributed by atoms with Crippen LogP contribution in [0.15, 0.2) is 0 Å². The maximum absolute atomic E-state index is 12.6. The molecule has 1 saturated carbocycles. The number of carbonyl (C=O) groups excluding carboxylic acids is 2. The molecule has 2 bridgehead atoms. The fraction of sp³-hybridized carbons (Fsp3) is 0.857. The van der Waals surface area contributed by atoms with Crippen molar-refractivity contribution in [3.05, 3.63) is 0 Å². The van der Waals surface area contributed by atoms with Crippen LogP contribution in [-0.4, -0.2) is 91.6 Å². The molecule has 28 heavy (non-hydrogen) atoms. The van der Waals surface area contributed by atoms with Gasteiger partial charge in [-0.3, -0.25) is 9.35 Å². The molecule has 3 heterocycles. The Hall–Kier alpha value is -1.48. The highest BCUT2D eigenvalue weighted by Crippen LogP contribution is 2.49. The highest BCUT2D eigenvalue weighted by molar-refractivity contribution is 7.88. The van der Waals surface area contributed by atoms with Gasteiger partial charge in [-0.2, -0.15) is 13.5 Å². The maximum atomic E-state index is 12.6. The van der Waals surface area contributed by atoms with E-state index in [-0.39, 0.29) is 23.9 Å². The Balaban J connectivity index is 1.31. The summed E-state index contributed by atoms with van der Waals surface area (Å²) in [5, 5.41) is 3.51. The average molecular weight is 438 g/mol. The van der Waals surface area contributed by atoms with Crippen molar-refractivity contribution in [3.8, 4) is 0 Å². The highest BCUT2D eigenvalue weighted by atomic mass is 32.3. The lowest BCUT2D eigenvalue weighted by molar-refractivity contribution is -0.130. The molecule has 14 heteroatoms. The summed E-state index contributed by atoms with van der Waals surface area (Å²) in [6.07, 6.45) is 3.27. The summed E-state index contributed by atoms with van der Waals surface area (Å²) in [4.78, 5) is 26.2. The fourth-order valence-electron chi connectivity index (χ4n) is 4.68. The molecule has 0 aromatic carbocycles. The second-order valence-electron chi connectivity index (χ2n) is 8.15. The number of hydroxylamine groups is 2. The molecule has 0 aromatic rings. The van der Waals surface area contributed by atoms with E-state index in [2.05, 4.69) is 9.60 Å². The molecule has 158 valence electrons. The first-order chi connectivity index (χ1) is 12.9. The molecule has 12 nitrogen and oxygen atoms in total. The van der Waals surface area contributed by atoms with E-state index in [1.807, 2.05) is 0 Å². The lowest BCUT2D eigenvalue weighted by atomic mass is 9.61. The normalized spacial score (nSPS) is 30.3. The zero-order chi connectivity index (χ0) is 20.5. The number of hydrogen-bond acceptors (Lipinski definition) is 7. The van der Waals surface area contributed by atoms with Crippen LogP contribution in [0.1, 0.15) is 25.7 Å². The van der Waals surface area contributed by atoms with Crippen LogP contribution >= 0.6 is 0 Å². The SMILES string of the molecule is CS(=O)(=O)N1CC2(CC(NC(=O)C3CCC4CN3C(=O)N4OS(=O)(=O)O)C2)C1. The van der Waals surface area contributed by atoms with Crippen LogP contribution in [-0.2, 0) is 29.5 Å². The molecule has 4 rings (SSSR count). The fourth-order valence-corrected chi connectivity index (χ4v) is 6.09. The van der Waals surface area contributed by atoms with E-state index in [0.29, 0.717) is 43.8 Å². The van der Waals surface area contributed by atoms with Crippen LogP contribution in [0.3, 0.4) is 0 Å². The Morgan fingerprint density at radius 1 is 1.21 bits per heavy atom. The molecule has 3 saturated heterocycles. The number of hydrogen-bond donors (Lipinski definition) is 2. The number of fused-ring (bicyclic) bond motifs is 2. The van der Waals surface area contributed by atoms with Gasteiger partial charge in [0.15, 0.2) is 0 Å². The van der Waals surface area contributed by atoms with E-state index in [1.54, 1.807) is 0 Å². The Labute approximate surface area is 162 Å². The van der Waals surface area contributed by atoms with Crippen LogP contribution in [0.2, 0.25) is 0 Å². The molecule has 4 aliphatic rings. The number of urea groups is 1. The van der Waals surface area contributed by atoms with Crippen molar-refractivity contribution in [2.45, 2.75) is 43.8 Å². The van der Waals surface area contributed by atoms with Crippen LogP contribution < -0.4 is 5.32 Å². The zero-order valence-corrected chi connectivity index (χ0v) is 16.8. The summed E-state index contributed by atoms with van der Waals surface area (Å²) < 4.78 is 59.3. The largest absolute Gasteiger partial charge is 0.418 e. The molecule has 3 amide bonds. The summed E-state index contributed by atoms with van der Waals surface area (Å²) in [5.41, 5.74) is -0.0672. The Bertz CT molecular complexity index is 906. The third kappa shape index (κ3) is 3.47. The van der Waals surface area contributed by atoms with Crippen molar-refractivity contribution in [3.63, 3.8) is 0 Å². The molecule has 0 radical (unpaired) electrons. The molecule has 3 aliphatic heterocycles. The van der Waals surface area contributed by atoms with E-state index >= 15 is 0 Å². The quantitative estimate of drug-likeness (QED) is 0.493. The molecule has 2 unspecified atom stereocenters. The number of rotatable bonds is 5. The summed E-state index contributed by atoms with van der Waals surface area (Å²) in [6, 6.07) is -2.12. The predicted molar refractivity (Wildman–Crippen MR) is 93.4 cm³/mol. The zero-order valence-electron chi connectivity index (χ0n) is 15.1. The second kappa shape index (κ2) is 6.26. The van der Waals surface area contributed by atoms with E-state index < -0.39 is 38.5 Å². The molecule has 4 fully saturated rings. The number of sulfonamides is 1. The third-order valence-electron chi connectivity index (χ3n) is 6.00. The Kier molecular flexibility index (Phi) is 4.43. The van der Waals surface area contributed by atoms with Gasteiger partial charge in [0.25, 0.3) is 0 Å². The van der Waals surface area contributed by atoms with Crippen molar-refractivity contribution in [2.24, 2.45) is 5.41 Å². The van der Waals surface area contributed by atoms with Gasteiger partial charge in [0.2, 0.25) is 15.9 Å². The highest BCUT2D eigenvalue weighted by Gasteiger charge is 2.56.